The van der Waals surface area contributed by atoms with Crippen LogP contribution >= 0.6 is 0 Å². The Morgan fingerprint density at radius 3 is 2.61 bits per heavy atom. The number of nitrogens with zero attached hydrogens (tertiary/aromatic N) is 2. The summed E-state index contributed by atoms with van der Waals surface area (Å²) in [5, 5.41) is 5.31. The van der Waals surface area contributed by atoms with Gasteiger partial charge in [0.1, 0.15) is 0 Å². The molecule has 0 aliphatic carbocycles. The van der Waals surface area contributed by atoms with Gasteiger partial charge in [-0.3, -0.25) is 9.79 Å². The van der Waals surface area contributed by atoms with Gasteiger partial charge in [0.05, 0.1) is 11.3 Å². The van der Waals surface area contributed by atoms with Crippen molar-refractivity contribution >= 4 is 23.2 Å². The van der Waals surface area contributed by atoms with Gasteiger partial charge in [-0.2, -0.15) is 13.2 Å². The van der Waals surface area contributed by atoms with Gasteiger partial charge < -0.3 is 21.3 Å². The molecule has 4 N–H and O–H groups in total. The lowest BCUT2D eigenvalue weighted by atomic mass is 9.89. The zero-order chi connectivity index (χ0) is 24.2. The molecule has 1 amide bonds. The molecule has 3 rings (SSSR count). The van der Waals surface area contributed by atoms with Crippen molar-refractivity contribution in [3.63, 3.8) is 0 Å². The number of benzene rings is 2. The molecule has 1 aliphatic heterocycles. The van der Waals surface area contributed by atoms with Crippen LogP contribution in [0, 0.1) is 6.92 Å². The van der Waals surface area contributed by atoms with Crippen LogP contribution in [0.4, 0.5) is 24.5 Å². The second-order valence-corrected chi connectivity index (χ2v) is 8.25. The van der Waals surface area contributed by atoms with Crippen LogP contribution < -0.4 is 16.4 Å². The van der Waals surface area contributed by atoms with Crippen LogP contribution in [0.5, 0.6) is 0 Å². The first-order valence-electron chi connectivity index (χ1n) is 11.0. The molecule has 0 aromatic heterocycles. The highest BCUT2D eigenvalue weighted by molar-refractivity contribution is 6.06. The number of aryl methyl sites for hydroxylation is 1. The monoisotopic (exact) mass is 461 g/mol. The van der Waals surface area contributed by atoms with E-state index in [1.54, 1.807) is 18.2 Å². The Labute approximate surface area is 192 Å². The number of aliphatic imine (C=N–C) groups is 1. The number of piperidine rings is 1. The number of likely N-dealkylation sites (tertiary alicyclic amines) is 1. The van der Waals surface area contributed by atoms with Crippen LogP contribution in [0.3, 0.4) is 0 Å². The Hall–Kier alpha value is -3.07. The van der Waals surface area contributed by atoms with Gasteiger partial charge in [0, 0.05) is 24.8 Å². The lowest BCUT2D eigenvalue weighted by Crippen LogP contribution is -2.34. The average Bonchev–Trinajstić information content (AvgIpc) is 2.79. The van der Waals surface area contributed by atoms with Gasteiger partial charge in [-0.05, 0) is 74.2 Å². The molecule has 1 atom stereocenters. The molecule has 0 saturated carbocycles. The second-order valence-electron chi connectivity index (χ2n) is 8.25. The SMILES string of the molecule is CCN1CCCC(c2ccc(NC(=O)c3ccc(C)c(NC(N)=NC)c3)c(C(F)(F)F)c2)C1. The standard InChI is InChI=1S/C24H30F3N5O/c1-4-32-11-5-6-18(14-32)16-9-10-20(19(12-16)24(25,26)27)30-22(33)17-8-7-15(2)21(13-17)31-23(28)29-3/h7-10,12-13,18H,4-6,11,14H2,1-3H3,(H,30,33)(H3,28,29,31). The smallest absolute Gasteiger partial charge is 0.370 e. The topological polar surface area (TPSA) is 82.8 Å². The minimum Gasteiger partial charge on any atom is -0.370 e. The fourth-order valence-corrected chi connectivity index (χ4v) is 4.06. The van der Waals surface area contributed by atoms with Crippen molar-refractivity contribution in [2.24, 2.45) is 10.7 Å². The first kappa shape index (κ1) is 24.6. The number of carbonyl (C=O) groups is 1. The van der Waals surface area contributed by atoms with E-state index in [0.29, 0.717) is 11.3 Å². The van der Waals surface area contributed by atoms with Crippen molar-refractivity contribution < 1.29 is 18.0 Å². The van der Waals surface area contributed by atoms with Crippen molar-refractivity contribution in [1.82, 2.24) is 4.90 Å². The predicted octanol–water partition coefficient (Wildman–Crippen LogP) is 4.82. The number of carbonyl (C=O) groups excluding carboxylic acids is 1. The molecule has 6 nitrogen and oxygen atoms in total. The summed E-state index contributed by atoms with van der Waals surface area (Å²) in [4.78, 5) is 18.9. The Bertz CT molecular complexity index is 1040. The molecule has 9 heteroatoms. The van der Waals surface area contributed by atoms with Crippen LogP contribution in [0.2, 0.25) is 0 Å². The number of nitrogens with two attached hydrogens (primary N) is 1. The summed E-state index contributed by atoms with van der Waals surface area (Å²) in [7, 11) is 1.52. The number of likely N-dealkylation sites (N-methyl/N-ethyl adjacent to an activating group) is 1. The zero-order valence-electron chi connectivity index (χ0n) is 19.1. The molecule has 1 fully saturated rings. The van der Waals surface area contributed by atoms with E-state index in [-0.39, 0.29) is 23.1 Å². The van der Waals surface area contributed by atoms with Crippen molar-refractivity contribution in [1.29, 1.82) is 0 Å². The van der Waals surface area contributed by atoms with Crippen LogP contribution in [0.1, 0.15) is 52.7 Å². The van der Waals surface area contributed by atoms with Crippen molar-refractivity contribution in [2.75, 3.05) is 37.3 Å². The van der Waals surface area contributed by atoms with Crippen LogP contribution in [-0.2, 0) is 6.18 Å². The molecule has 1 saturated heterocycles. The fourth-order valence-electron chi connectivity index (χ4n) is 4.06. The maximum Gasteiger partial charge on any atom is 0.418 e. The summed E-state index contributed by atoms with van der Waals surface area (Å²) in [5.41, 5.74) is 6.81. The average molecular weight is 462 g/mol. The molecular weight excluding hydrogens is 431 g/mol. The number of hydrogen-bond donors (Lipinski definition) is 3. The van der Waals surface area contributed by atoms with E-state index in [1.165, 1.54) is 25.2 Å². The summed E-state index contributed by atoms with van der Waals surface area (Å²) in [6.45, 7) is 6.45. The van der Waals surface area contributed by atoms with E-state index in [2.05, 4.69) is 27.4 Å². The van der Waals surface area contributed by atoms with Crippen molar-refractivity contribution in [3.8, 4) is 0 Å². The molecular formula is C24H30F3N5O. The van der Waals surface area contributed by atoms with E-state index in [4.69, 9.17) is 5.73 Å². The molecule has 2 aromatic rings. The fraction of sp³-hybridized carbons (Fsp3) is 0.417. The number of hydrogen-bond acceptors (Lipinski definition) is 3. The summed E-state index contributed by atoms with van der Waals surface area (Å²) in [5.74, 6) is -0.436. The highest BCUT2D eigenvalue weighted by Gasteiger charge is 2.35. The van der Waals surface area contributed by atoms with Gasteiger partial charge >= 0.3 is 6.18 Å². The number of guanidine groups is 1. The molecule has 0 bridgehead atoms. The number of anilines is 2. The molecule has 1 unspecified atom stereocenters. The minimum absolute atomic E-state index is 0.0426. The van der Waals surface area contributed by atoms with Gasteiger partial charge in [-0.25, -0.2) is 0 Å². The zero-order valence-corrected chi connectivity index (χ0v) is 19.1. The summed E-state index contributed by atoms with van der Waals surface area (Å²) < 4.78 is 41.7. The largest absolute Gasteiger partial charge is 0.418 e. The Morgan fingerprint density at radius 1 is 1.18 bits per heavy atom. The third kappa shape index (κ3) is 6.04. The molecule has 2 aromatic carbocycles. The van der Waals surface area contributed by atoms with Gasteiger partial charge in [-0.1, -0.05) is 19.1 Å². The summed E-state index contributed by atoms with van der Waals surface area (Å²) in [6, 6.07) is 9.01. The van der Waals surface area contributed by atoms with Crippen LogP contribution in [-0.4, -0.2) is 43.4 Å². The number of nitrogens with one attached hydrogen (secondary N) is 2. The molecule has 0 spiro atoms. The Morgan fingerprint density at radius 2 is 1.94 bits per heavy atom. The predicted molar refractivity (Wildman–Crippen MR) is 126 cm³/mol. The Kier molecular flexibility index (Phi) is 7.63. The first-order valence-corrected chi connectivity index (χ1v) is 11.0. The first-order chi connectivity index (χ1) is 15.6. The number of amides is 1. The van der Waals surface area contributed by atoms with Crippen LogP contribution in [0.15, 0.2) is 41.4 Å². The quantitative estimate of drug-likeness (QED) is 0.440. The third-order valence-corrected chi connectivity index (χ3v) is 6.02. The normalized spacial score (nSPS) is 17.6. The number of halogens is 3. The molecule has 1 heterocycles. The third-order valence-electron chi connectivity index (χ3n) is 6.02. The van der Waals surface area contributed by atoms with Crippen LogP contribution in [0.25, 0.3) is 0 Å². The van der Waals surface area contributed by atoms with Crippen molar-refractivity contribution in [3.05, 3.63) is 58.7 Å². The molecule has 33 heavy (non-hydrogen) atoms. The highest BCUT2D eigenvalue weighted by Crippen LogP contribution is 2.38. The lowest BCUT2D eigenvalue weighted by molar-refractivity contribution is -0.137. The van der Waals surface area contributed by atoms with E-state index in [1.807, 2.05) is 6.92 Å². The molecule has 178 valence electrons. The van der Waals surface area contributed by atoms with Gasteiger partial charge in [-0.15, -0.1) is 0 Å². The van der Waals surface area contributed by atoms with E-state index in [9.17, 15) is 18.0 Å². The van der Waals surface area contributed by atoms with Gasteiger partial charge in [0.25, 0.3) is 5.91 Å². The van der Waals surface area contributed by atoms with E-state index >= 15 is 0 Å². The summed E-state index contributed by atoms with van der Waals surface area (Å²) >= 11 is 0. The van der Waals surface area contributed by atoms with E-state index < -0.39 is 17.6 Å². The van der Waals surface area contributed by atoms with Gasteiger partial charge in [0.2, 0.25) is 0 Å². The summed E-state index contributed by atoms with van der Waals surface area (Å²) in [6.07, 6.45) is -2.79. The van der Waals surface area contributed by atoms with Gasteiger partial charge in [0.15, 0.2) is 5.96 Å². The maximum absolute atomic E-state index is 13.9. The molecule has 0 radical (unpaired) electrons. The number of alkyl halides is 3. The lowest BCUT2D eigenvalue weighted by Gasteiger charge is -2.32. The maximum atomic E-state index is 13.9. The van der Waals surface area contributed by atoms with E-state index in [0.717, 1.165) is 38.0 Å². The second kappa shape index (κ2) is 10.2. The molecule has 1 aliphatic rings. The van der Waals surface area contributed by atoms with Crippen molar-refractivity contribution in [2.45, 2.75) is 38.8 Å². The Balaban J connectivity index is 1.87. The number of rotatable bonds is 5. The highest BCUT2D eigenvalue weighted by atomic mass is 19.4. The minimum atomic E-state index is -4.59.